The zero-order valence-corrected chi connectivity index (χ0v) is 14.1. The van der Waals surface area contributed by atoms with Gasteiger partial charge in [0.1, 0.15) is 5.82 Å². The number of hydrogen-bond donors (Lipinski definition) is 2. The summed E-state index contributed by atoms with van der Waals surface area (Å²) in [6, 6.07) is -0.872. The molecule has 1 aromatic rings. The van der Waals surface area contributed by atoms with E-state index in [1.165, 1.54) is 0 Å². The third kappa shape index (κ3) is 5.42. The summed E-state index contributed by atoms with van der Waals surface area (Å²) in [6.07, 6.45) is 0.513. The molecule has 1 heterocycles. The number of carbonyl (C=O) groups excluding carboxylic acids is 1. The smallest absolute Gasteiger partial charge is 0.335 e. The van der Waals surface area contributed by atoms with Crippen LogP contribution in [0.15, 0.2) is 12.4 Å². The molecule has 1 aliphatic rings. The van der Waals surface area contributed by atoms with Gasteiger partial charge in [-0.05, 0) is 25.2 Å². The average molecular weight is 346 g/mol. The van der Waals surface area contributed by atoms with Gasteiger partial charge in [0.15, 0.2) is 0 Å². The summed E-state index contributed by atoms with van der Waals surface area (Å²) < 4.78 is 40.3. The maximum absolute atomic E-state index is 12.8. The molecule has 0 aromatic carbocycles. The molecule has 0 spiro atoms. The molecule has 0 saturated heterocycles. The highest BCUT2D eigenvalue weighted by Crippen LogP contribution is 2.37. The van der Waals surface area contributed by atoms with E-state index in [1.54, 1.807) is 6.20 Å². The van der Waals surface area contributed by atoms with Crippen LogP contribution in [-0.4, -0.2) is 27.8 Å². The second kappa shape index (κ2) is 7.90. The first kappa shape index (κ1) is 18.6. The second-order valence-corrected chi connectivity index (χ2v) is 6.82. The lowest BCUT2D eigenvalue weighted by Gasteiger charge is -2.31. The molecule has 0 unspecified atom stereocenters. The summed E-state index contributed by atoms with van der Waals surface area (Å²) in [5.74, 6) is -0.134. The van der Waals surface area contributed by atoms with Crippen molar-refractivity contribution in [2.24, 2.45) is 11.8 Å². The molecule has 2 N–H and O–H groups in total. The van der Waals surface area contributed by atoms with Crippen molar-refractivity contribution in [1.82, 2.24) is 20.2 Å². The third-order valence-electron chi connectivity index (χ3n) is 4.24. The highest BCUT2D eigenvalue weighted by Gasteiger charge is 2.42. The number of alkyl halides is 3. The molecular formula is C16H25F3N4O. The first-order valence-corrected chi connectivity index (χ1v) is 8.36. The Kier molecular flexibility index (Phi) is 6.12. The van der Waals surface area contributed by atoms with Crippen LogP contribution >= 0.6 is 0 Å². The lowest BCUT2D eigenvalue weighted by atomic mass is 9.85. The van der Waals surface area contributed by atoms with E-state index in [9.17, 15) is 18.0 Å². The fourth-order valence-corrected chi connectivity index (χ4v) is 3.08. The summed E-state index contributed by atoms with van der Waals surface area (Å²) in [4.78, 5) is 16.2. The Morgan fingerprint density at radius 1 is 1.42 bits per heavy atom. The van der Waals surface area contributed by atoms with Crippen LogP contribution in [0.2, 0.25) is 0 Å². The Morgan fingerprint density at radius 3 is 2.83 bits per heavy atom. The maximum atomic E-state index is 12.8. The SMILES string of the molecule is CC(C)Cn1ccnc1CNC(=O)N[C@H]1CCC[C@H](C(F)(F)F)C1. The van der Waals surface area contributed by atoms with Crippen molar-refractivity contribution in [3.05, 3.63) is 18.2 Å². The van der Waals surface area contributed by atoms with Gasteiger partial charge in [0, 0.05) is 25.0 Å². The Hall–Kier alpha value is -1.73. The number of rotatable bonds is 5. The van der Waals surface area contributed by atoms with Crippen LogP contribution in [-0.2, 0) is 13.1 Å². The Balaban J connectivity index is 1.80. The van der Waals surface area contributed by atoms with Crippen LogP contribution in [0.3, 0.4) is 0 Å². The van der Waals surface area contributed by atoms with Crippen LogP contribution in [0, 0.1) is 11.8 Å². The fourth-order valence-electron chi connectivity index (χ4n) is 3.08. The molecule has 0 bridgehead atoms. The Bertz CT molecular complexity index is 542. The van der Waals surface area contributed by atoms with Gasteiger partial charge in [-0.3, -0.25) is 0 Å². The lowest BCUT2D eigenvalue weighted by Crippen LogP contribution is -2.45. The van der Waals surface area contributed by atoms with E-state index in [2.05, 4.69) is 29.5 Å². The minimum atomic E-state index is -4.18. The van der Waals surface area contributed by atoms with Gasteiger partial charge in [-0.15, -0.1) is 0 Å². The van der Waals surface area contributed by atoms with Crippen LogP contribution < -0.4 is 10.6 Å². The van der Waals surface area contributed by atoms with Crippen LogP contribution in [0.5, 0.6) is 0 Å². The van der Waals surface area contributed by atoms with E-state index < -0.39 is 24.2 Å². The predicted octanol–water partition coefficient (Wildman–Crippen LogP) is 3.46. The largest absolute Gasteiger partial charge is 0.391 e. The number of halogens is 3. The van der Waals surface area contributed by atoms with Crippen LogP contribution in [0.25, 0.3) is 0 Å². The number of nitrogens with one attached hydrogen (secondary N) is 2. The predicted molar refractivity (Wildman–Crippen MR) is 84.2 cm³/mol. The third-order valence-corrected chi connectivity index (χ3v) is 4.24. The molecule has 1 fully saturated rings. The molecule has 1 saturated carbocycles. The summed E-state index contributed by atoms with van der Waals surface area (Å²) in [5.41, 5.74) is 0. The minimum Gasteiger partial charge on any atom is -0.335 e. The standard InChI is InChI=1S/C16H25F3N4O/c1-11(2)10-23-7-6-20-14(23)9-21-15(24)22-13-5-3-4-12(8-13)16(17,18)19/h6-7,11-13H,3-5,8-10H2,1-2H3,(H2,21,22,24)/t12-,13-/m0/s1. The molecule has 1 aromatic heterocycles. The van der Waals surface area contributed by atoms with Crippen molar-refractivity contribution in [2.45, 2.75) is 64.8 Å². The second-order valence-electron chi connectivity index (χ2n) is 6.82. The quantitative estimate of drug-likeness (QED) is 0.858. The molecule has 1 aliphatic carbocycles. The van der Waals surface area contributed by atoms with Crippen molar-refractivity contribution in [3.63, 3.8) is 0 Å². The normalized spacial score (nSPS) is 21.8. The first-order valence-electron chi connectivity index (χ1n) is 8.36. The summed E-state index contributed by atoms with van der Waals surface area (Å²) >= 11 is 0. The van der Waals surface area contributed by atoms with Crippen molar-refractivity contribution in [2.75, 3.05) is 0 Å². The zero-order valence-electron chi connectivity index (χ0n) is 14.1. The molecule has 2 rings (SSSR count). The number of imidazole rings is 1. The minimum absolute atomic E-state index is 0.0428. The first-order chi connectivity index (χ1) is 11.3. The molecule has 2 atom stereocenters. The summed E-state index contributed by atoms with van der Waals surface area (Å²) in [6.45, 7) is 5.23. The van der Waals surface area contributed by atoms with Gasteiger partial charge in [-0.25, -0.2) is 9.78 Å². The molecule has 0 radical (unpaired) electrons. The molecule has 2 amide bonds. The number of nitrogens with zero attached hydrogens (tertiary/aromatic N) is 2. The summed E-state index contributed by atoms with van der Waals surface area (Å²) in [7, 11) is 0. The van der Waals surface area contributed by atoms with E-state index in [0.29, 0.717) is 18.8 Å². The van der Waals surface area contributed by atoms with E-state index >= 15 is 0 Å². The molecule has 24 heavy (non-hydrogen) atoms. The van der Waals surface area contributed by atoms with E-state index in [-0.39, 0.29) is 19.4 Å². The topological polar surface area (TPSA) is 59.0 Å². The zero-order chi connectivity index (χ0) is 17.7. The number of urea groups is 1. The molecule has 8 heteroatoms. The molecule has 5 nitrogen and oxygen atoms in total. The Morgan fingerprint density at radius 2 is 2.17 bits per heavy atom. The van der Waals surface area contributed by atoms with Gasteiger partial charge in [-0.2, -0.15) is 13.2 Å². The van der Waals surface area contributed by atoms with Gasteiger partial charge in [-0.1, -0.05) is 20.3 Å². The van der Waals surface area contributed by atoms with E-state index in [0.717, 1.165) is 12.4 Å². The van der Waals surface area contributed by atoms with Gasteiger partial charge in [0.05, 0.1) is 12.5 Å². The fraction of sp³-hybridized carbons (Fsp3) is 0.750. The van der Waals surface area contributed by atoms with Gasteiger partial charge >= 0.3 is 12.2 Å². The van der Waals surface area contributed by atoms with Crippen molar-refractivity contribution in [3.8, 4) is 0 Å². The Labute approximate surface area is 140 Å². The van der Waals surface area contributed by atoms with Crippen LogP contribution in [0.1, 0.15) is 45.4 Å². The van der Waals surface area contributed by atoms with Gasteiger partial charge in [0.25, 0.3) is 0 Å². The van der Waals surface area contributed by atoms with Crippen molar-refractivity contribution < 1.29 is 18.0 Å². The molecule has 136 valence electrons. The maximum Gasteiger partial charge on any atom is 0.391 e. The van der Waals surface area contributed by atoms with Crippen LogP contribution in [0.4, 0.5) is 18.0 Å². The number of aromatic nitrogens is 2. The summed E-state index contributed by atoms with van der Waals surface area (Å²) in [5, 5.41) is 5.34. The van der Waals surface area contributed by atoms with E-state index in [4.69, 9.17) is 0 Å². The van der Waals surface area contributed by atoms with E-state index in [1.807, 2.05) is 10.8 Å². The van der Waals surface area contributed by atoms with Gasteiger partial charge < -0.3 is 15.2 Å². The van der Waals surface area contributed by atoms with Gasteiger partial charge in [0.2, 0.25) is 0 Å². The highest BCUT2D eigenvalue weighted by molar-refractivity contribution is 5.74. The number of amides is 2. The molecule has 0 aliphatic heterocycles. The molecular weight excluding hydrogens is 321 g/mol. The van der Waals surface area contributed by atoms with Crippen molar-refractivity contribution >= 4 is 6.03 Å². The van der Waals surface area contributed by atoms with Crippen molar-refractivity contribution in [1.29, 1.82) is 0 Å². The average Bonchev–Trinajstić information content (AvgIpc) is 2.91. The number of hydrogen-bond acceptors (Lipinski definition) is 2. The highest BCUT2D eigenvalue weighted by atomic mass is 19.4. The number of carbonyl (C=O) groups is 1. The lowest BCUT2D eigenvalue weighted by molar-refractivity contribution is -0.183. The monoisotopic (exact) mass is 346 g/mol.